The Morgan fingerprint density at radius 2 is 2.19 bits per heavy atom. The summed E-state index contributed by atoms with van der Waals surface area (Å²) >= 11 is 0. The third-order valence-corrected chi connectivity index (χ3v) is 6.20. The van der Waals surface area contributed by atoms with Crippen molar-refractivity contribution < 1.29 is 18.3 Å². The Morgan fingerprint density at radius 1 is 1.32 bits per heavy atom. The van der Waals surface area contributed by atoms with Crippen LogP contribution in [-0.4, -0.2) is 43.7 Å². The molecule has 0 radical (unpaired) electrons. The van der Waals surface area contributed by atoms with Gasteiger partial charge in [-0.3, -0.25) is 0 Å². The number of nitrogens with one attached hydrogen (secondary N) is 3. The van der Waals surface area contributed by atoms with Crippen molar-refractivity contribution in [1.29, 1.82) is 0 Å². The number of rotatable bonds is 4. The molecule has 8 nitrogen and oxygen atoms in total. The fourth-order valence-electron chi connectivity index (χ4n) is 4.79. The molecule has 0 bridgehead atoms. The summed E-state index contributed by atoms with van der Waals surface area (Å²) in [7, 11) is 0. The smallest absolute Gasteiger partial charge is 0.408 e. The van der Waals surface area contributed by atoms with Crippen LogP contribution in [0, 0.1) is 11.6 Å². The summed E-state index contributed by atoms with van der Waals surface area (Å²) in [6.45, 7) is 2.01. The van der Waals surface area contributed by atoms with Gasteiger partial charge in [0.2, 0.25) is 0 Å². The number of amides is 1. The van der Waals surface area contributed by atoms with Crippen molar-refractivity contribution in [3.05, 3.63) is 36.3 Å². The first kappa shape index (κ1) is 19.7. The number of aromatic amines is 1. The first-order chi connectivity index (χ1) is 15.0. The van der Waals surface area contributed by atoms with Gasteiger partial charge >= 0.3 is 6.09 Å². The molecule has 1 spiro atoms. The van der Waals surface area contributed by atoms with Crippen molar-refractivity contribution in [2.75, 3.05) is 5.32 Å². The van der Waals surface area contributed by atoms with Crippen LogP contribution in [0.25, 0.3) is 22.4 Å². The average Bonchev–Trinajstić information content (AvgIpc) is 3.29. The van der Waals surface area contributed by atoms with E-state index in [0.717, 1.165) is 38.1 Å². The van der Waals surface area contributed by atoms with Gasteiger partial charge in [-0.05, 0) is 31.7 Å². The maximum absolute atomic E-state index is 14.6. The molecule has 31 heavy (non-hydrogen) atoms. The van der Waals surface area contributed by atoms with E-state index < -0.39 is 23.3 Å². The Hall–Kier alpha value is -3.30. The predicted molar refractivity (Wildman–Crippen MR) is 109 cm³/mol. The van der Waals surface area contributed by atoms with Gasteiger partial charge in [0.1, 0.15) is 17.1 Å². The van der Waals surface area contributed by atoms with E-state index >= 15 is 0 Å². The molecule has 0 aromatic carbocycles. The fraction of sp³-hybridized carbons (Fsp3) is 0.429. The van der Waals surface area contributed by atoms with Crippen LogP contribution in [0.15, 0.2) is 24.7 Å². The SMILES string of the molecule is CC[C@H]1NC(=O)O[C@@]12CCC[C@H](Nc1nc(-c3c[nH]c4ncc(F)cc34)ncc1F)C2. The van der Waals surface area contributed by atoms with Crippen LogP contribution in [-0.2, 0) is 4.74 Å². The van der Waals surface area contributed by atoms with Crippen molar-refractivity contribution in [3.63, 3.8) is 0 Å². The highest BCUT2D eigenvalue weighted by molar-refractivity contribution is 5.91. The largest absolute Gasteiger partial charge is 0.441 e. The maximum atomic E-state index is 14.6. The molecule has 4 heterocycles. The van der Waals surface area contributed by atoms with E-state index in [2.05, 4.69) is 30.6 Å². The third-order valence-electron chi connectivity index (χ3n) is 6.20. The molecular weight excluding hydrogens is 406 g/mol. The Labute approximate surface area is 176 Å². The number of anilines is 1. The molecular formula is C21H22F2N6O2. The van der Waals surface area contributed by atoms with E-state index in [0.29, 0.717) is 23.0 Å². The normalized spacial score (nSPS) is 25.6. The molecule has 0 unspecified atom stereocenters. The number of carbonyl (C=O) groups is 1. The van der Waals surface area contributed by atoms with Gasteiger partial charge < -0.3 is 20.4 Å². The Kier molecular flexibility index (Phi) is 4.71. The molecule has 1 aliphatic heterocycles. The first-order valence-electron chi connectivity index (χ1n) is 10.4. The van der Waals surface area contributed by atoms with Crippen LogP contribution >= 0.6 is 0 Å². The van der Waals surface area contributed by atoms with Gasteiger partial charge in [-0.2, -0.15) is 0 Å². The first-order valence-corrected chi connectivity index (χ1v) is 10.4. The van der Waals surface area contributed by atoms with Gasteiger partial charge in [0.15, 0.2) is 17.5 Å². The summed E-state index contributed by atoms with van der Waals surface area (Å²) in [6, 6.07) is 1.16. The number of halogens is 2. The van der Waals surface area contributed by atoms with E-state index in [-0.39, 0.29) is 23.7 Å². The van der Waals surface area contributed by atoms with Crippen molar-refractivity contribution in [2.45, 2.75) is 56.7 Å². The van der Waals surface area contributed by atoms with Gasteiger partial charge in [-0.15, -0.1) is 0 Å². The summed E-state index contributed by atoms with van der Waals surface area (Å²) < 4.78 is 33.9. The molecule has 10 heteroatoms. The second-order valence-electron chi connectivity index (χ2n) is 8.14. The third kappa shape index (κ3) is 3.45. The number of aromatic nitrogens is 4. The zero-order valence-electron chi connectivity index (χ0n) is 16.9. The molecule has 3 N–H and O–H groups in total. The van der Waals surface area contributed by atoms with Crippen molar-refractivity contribution in [1.82, 2.24) is 25.3 Å². The molecule has 3 aromatic heterocycles. The summed E-state index contributed by atoms with van der Waals surface area (Å²) in [6.07, 6.45) is 7.18. The standard InChI is InChI=1S/C21H22F2N6O2/c1-2-16-21(31-20(30)28-16)5-3-4-12(7-21)27-19-15(23)10-26-18(29-19)14-9-25-17-13(14)6-11(22)8-24-17/h6,8-10,12,16H,2-5,7H2,1H3,(H,24,25)(H,28,30)(H,26,27,29)/t12-,16+,21+/m0/s1. The lowest BCUT2D eigenvalue weighted by atomic mass is 9.76. The quantitative estimate of drug-likeness (QED) is 0.582. The number of H-pyrrole nitrogens is 1. The molecule has 1 aliphatic carbocycles. The number of alkyl carbamates (subject to hydrolysis) is 1. The Morgan fingerprint density at radius 3 is 3.03 bits per heavy atom. The van der Waals surface area contributed by atoms with Crippen LogP contribution in [0.3, 0.4) is 0 Å². The number of pyridine rings is 1. The molecule has 1 saturated carbocycles. The topological polar surface area (TPSA) is 105 Å². The van der Waals surface area contributed by atoms with Crippen LogP contribution in [0.2, 0.25) is 0 Å². The molecule has 2 aliphatic rings. The average molecular weight is 428 g/mol. The van der Waals surface area contributed by atoms with Crippen LogP contribution in [0.1, 0.15) is 39.0 Å². The number of ether oxygens (including phenoxy) is 1. The summed E-state index contributed by atoms with van der Waals surface area (Å²) in [5.41, 5.74) is 0.438. The second-order valence-corrected chi connectivity index (χ2v) is 8.14. The summed E-state index contributed by atoms with van der Waals surface area (Å²) in [4.78, 5) is 27.2. The maximum Gasteiger partial charge on any atom is 0.408 e. The molecule has 1 amide bonds. The predicted octanol–water partition coefficient (Wildman–Crippen LogP) is 3.91. The molecule has 2 fully saturated rings. The molecule has 3 atom stereocenters. The lowest BCUT2D eigenvalue weighted by Crippen LogP contribution is -2.49. The van der Waals surface area contributed by atoms with E-state index in [1.165, 1.54) is 6.07 Å². The van der Waals surface area contributed by atoms with Crippen LogP contribution in [0.5, 0.6) is 0 Å². The molecule has 162 valence electrons. The second kappa shape index (κ2) is 7.44. The van der Waals surface area contributed by atoms with E-state index in [1.54, 1.807) is 6.20 Å². The van der Waals surface area contributed by atoms with Gasteiger partial charge in [0.05, 0.1) is 18.4 Å². The van der Waals surface area contributed by atoms with E-state index in [4.69, 9.17) is 4.74 Å². The summed E-state index contributed by atoms with van der Waals surface area (Å²) in [5, 5.41) is 6.57. The van der Waals surface area contributed by atoms with Gasteiger partial charge in [0, 0.05) is 29.6 Å². The van der Waals surface area contributed by atoms with E-state index in [9.17, 15) is 13.6 Å². The van der Waals surface area contributed by atoms with Crippen LogP contribution < -0.4 is 10.6 Å². The Balaban J connectivity index is 1.42. The number of nitrogens with zero attached hydrogens (tertiary/aromatic N) is 3. The zero-order valence-corrected chi connectivity index (χ0v) is 16.9. The van der Waals surface area contributed by atoms with Gasteiger partial charge in [-0.1, -0.05) is 6.92 Å². The number of hydrogen-bond donors (Lipinski definition) is 3. The van der Waals surface area contributed by atoms with Crippen molar-refractivity contribution in [2.24, 2.45) is 0 Å². The minimum Gasteiger partial charge on any atom is -0.441 e. The summed E-state index contributed by atoms with van der Waals surface area (Å²) in [5.74, 6) is -0.739. The molecule has 5 rings (SSSR count). The van der Waals surface area contributed by atoms with Gasteiger partial charge in [0.25, 0.3) is 0 Å². The highest BCUT2D eigenvalue weighted by atomic mass is 19.1. The fourth-order valence-corrected chi connectivity index (χ4v) is 4.79. The van der Waals surface area contributed by atoms with Crippen LogP contribution in [0.4, 0.5) is 19.4 Å². The number of hydrogen-bond acceptors (Lipinski definition) is 6. The van der Waals surface area contributed by atoms with E-state index in [1.807, 2.05) is 6.92 Å². The minimum absolute atomic E-state index is 0.0657. The lowest BCUT2D eigenvalue weighted by molar-refractivity contribution is 0.000226. The zero-order chi connectivity index (χ0) is 21.6. The van der Waals surface area contributed by atoms with Crippen molar-refractivity contribution in [3.8, 4) is 11.4 Å². The number of fused-ring (bicyclic) bond motifs is 1. The van der Waals surface area contributed by atoms with Gasteiger partial charge in [-0.25, -0.2) is 28.5 Å². The Bertz CT molecular complexity index is 1150. The highest BCUT2D eigenvalue weighted by Crippen LogP contribution is 2.40. The molecule has 3 aromatic rings. The lowest BCUT2D eigenvalue weighted by Gasteiger charge is -2.39. The monoisotopic (exact) mass is 428 g/mol. The highest BCUT2D eigenvalue weighted by Gasteiger charge is 2.50. The minimum atomic E-state index is -0.589. The number of carbonyl (C=O) groups excluding carboxylic acids is 1. The van der Waals surface area contributed by atoms with Crippen molar-refractivity contribution >= 4 is 22.9 Å². The molecule has 1 saturated heterocycles.